The van der Waals surface area contributed by atoms with Gasteiger partial charge in [-0.25, -0.2) is 0 Å². The van der Waals surface area contributed by atoms with Crippen molar-refractivity contribution in [3.05, 3.63) is 0 Å². The van der Waals surface area contributed by atoms with Crippen molar-refractivity contribution < 1.29 is 14.3 Å². The first-order chi connectivity index (χ1) is 4.66. The van der Waals surface area contributed by atoms with Crippen molar-refractivity contribution in [2.45, 2.75) is 19.8 Å². The Kier molecular flexibility index (Phi) is 9.47. The van der Waals surface area contributed by atoms with E-state index in [4.69, 9.17) is 11.6 Å². The van der Waals surface area contributed by atoms with Gasteiger partial charge in [0, 0.05) is 6.42 Å². The van der Waals surface area contributed by atoms with Gasteiger partial charge in [-0.1, -0.05) is 0 Å². The molecule has 0 saturated heterocycles. The Bertz CT molecular complexity index is 136. The summed E-state index contributed by atoms with van der Waals surface area (Å²) < 4.78 is 4.54. The standard InChI is InChI=1S/C6H9ClO3.ClH/c1-2-10-6(9)4-3-5(7)8;/h2-4H2,1H3;1H. The summed E-state index contributed by atoms with van der Waals surface area (Å²) >= 11 is 4.98. The van der Waals surface area contributed by atoms with Gasteiger partial charge in [-0.05, 0) is 18.5 Å². The lowest BCUT2D eigenvalue weighted by Crippen LogP contribution is -2.04. The molecule has 5 heteroatoms. The average Bonchev–Trinajstić information content (AvgIpc) is 1.85. The maximum Gasteiger partial charge on any atom is 0.306 e. The topological polar surface area (TPSA) is 43.4 Å². The summed E-state index contributed by atoms with van der Waals surface area (Å²) in [5.41, 5.74) is 0. The molecule has 0 radical (unpaired) electrons. The van der Waals surface area contributed by atoms with Crippen molar-refractivity contribution in [3.63, 3.8) is 0 Å². The molecule has 3 nitrogen and oxygen atoms in total. The minimum atomic E-state index is -0.506. The Labute approximate surface area is 76.5 Å². The van der Waals surface area contributed by atoms with Gasteiger partial charge in [0.05, 0.1) is 13.0 Å². The van der Waals surface area contributed by atoms with E-state index in [9.17, 15) is 9.59 Å². The van der Waals surface area contributed by atoms with Crippen LogP contribution in [-0.4, -0.2) is 17.8 Å². The van der Waals surface area contributed by atoms with Crippen LogP contribution >= 0.6 is 24.0 Å². The lowest BCUT2D eigenvalue weighted by Gasteiger charge is -1.97. The zero-order valence-corrected chi connectivity index (χ0v) is 7.70. The highest BCUT2D eigenvalue weighted by atomic mass is 35.5. The van der Waals surface area contributed by atoms with Gasteiger partial charge >= 0.3 is 5.97 Å². The minimum Gasteiger partial charge on any atom is -0.466 e. The molecule has 0 amide bonds. The van der Waals surface area contributed by atoms with Crippen LogP contribution in [0.4, 0.5) is 0 Å². The maximum absolute atomic E-state index is 10.5. The van der Waals surface area contributed by atoms with Crippen LogP contribution in [-0.2, 0) is 14.3 Å². The number of hydrogen-bond acceptors (Lipinski definition) is 3. The minimum absolute atomic E-state index is 0. The fraction of sp³-hybridized carbons (Fsp3) is 0.667. The summed E-state index contributed by atoms with van der Waals surface area (Å²) in [5.74, 6) is -0.378. The third kappa shape index (κ3) is 9.72. The fourth-order valence-corrected chi connectivity index (χ4v) is 0.528. The summed E-state index contributed by atoms with van der Waals surface area (Å²) in [6, 6.07) is 0. The molecule has 0 heterocycles. The SMILES string of the molecule is CCOC(=O)CCC(=O)Cl.Cl. The third-order valence-corrected chi connectivity index (χ3v) is 1.02. The normalized spacial score (nSPS) is 8.18. The van der Waals surface area contributed by atoms with Gasteiger partial charge in [0.2, 0.25) is 5.24 Å². The van der Waals surface area contributed by atoms with Gasteiger partial charge in [-0.3, -0.25) is 9.59 Å². The molecule has 11 heavy (non-hydrogen) atoms. The van der Waals surface area contributed by atoms with Gasteiger partial charge in [-0.2, -0.15) is 0 Å². The Balaban J connectivity index is 0. The van der Waals surface area contributed by atoms with E-state index in [1.807, 2.05) is 0 Å². The van der Waals surface area contributed by atoms with Crippen LogP contribution < -0.4 is 0 Å². The monoisotopic (exact) mass is 200 g/mol. The summed E-state index contributed by atoms with van der Waals surface area (Å²) in [7, 11) is 0. The van der Waals surface area contributed by atoms with Gasteiger partial charge in [-0.15, -0.1) is 12.4 Å². The van der Waals surface area contributed by atoms with Crippen molar-refractivity contribution in [1.29, 1.82) is 0 Å². The van der Waals surface area contributed by atoms with Crippen molar-refractivity contribution in [1.82, 2.24) is 0 Å². The maximum atomic E-state index is 10.5. The number of ether oxygens (including phenoxy) is 1. The molecule has 0 aliphatic heterocycles. The summed E-state index contributed by atoms with van der Waals surface area (Å²) in [6.45, 7) is 2.05. The highest BCUT2D eigenvalue weighted by molar-refractivity contribution is 6.63. The second-order valence-electron chi connectivity index (χ2n) is 1.66. The van der Waals surface area contributed by atoms with Crippen LogP contribution in [0.25, 0.3) is 0 Å². The van der Waals surface area contributed by atoms with E-state index in [2.05, 4.69) is 4.74 Å². The van der Waals surface area contributed by atoms with E-state index in [-0.39, 0.29) is 31.2 Å². The molecule has 0 atom stereocenters. The summed E-state index contributed by atoms with van der Waals surface area (Å²) in [5, 5.41) is -0.506. The molecule has 0 fully saturated rings. The molecule has 0 spiro atoms. The van der Waals surface area contributed by atoms with Crippen LogP contribution in [0, 0.1) is 0 Å². The van der Waals surface area contributed by atoms with Gasteiger partial charge < -0.3 is 4.74 Å². The molecule has 0 bridgehead atoms. The number of carbonyl (C=O) groups excluding carboxylic acids is 2. The molecule has 0 saturated carbocycles. The fourth-order valence-electron chi connectivity index (χ4n) is 0.433. The van der Waals surface area contributed by atoms with E-state index in [1.165, 1.54) is 0 Å². The van der Waals surface area contributed by atoms with Crippen LogP contribution in [0.3, 0.4) is 0 Å². The molecule has 66 valence electrons. The second kappa shape index (κ2) is 7.82. The Morgan fingerprint density at radius 3 is 2.27 bits per heavy atom. The van der Waals surface area contributed by atoms with Crippen LogP contribution in [0.5, 0.6) is 0 Å². The third-order valence-electron chi connectivity index (χ3n) is 0.831. The molecular formula is C6H10Cl2O3. The Hall–Kier alpha value is -0.280. The summed E-state index contributed by atoms with van der Waals surface area (Å²) in [4.78, 5) is 20.6. The lowest BCUT2D eigenvalue weighted by molar-refractivity contribution is -0.143. The molecule has 0 aliphatic rings. The van der Waals surface area contributed by atoms with E-state index in [0.717, 1.165) is 0 Å². The van der Waals surface area contributed by atoms with E-state index < -0.39 is 5.24 Å². The van der Waals surface area contributed by atoms with Gasteiger partial charge in [0.25, 0.3) is 0 Å². The highest BCUT2D eigenvalue weighted by Gasteiger charge is 2.03. The largest absolute Gasteiger partial charge is 0.466 e. The highest BCUT2D eigenvalue weighted by Crippen LogP contribution is 1.96. The summed E-state index contributed by atoms with van der Waals surface area (Å²) in [6.07, 6.45) is 0.135. The van der Waals surface area contributed by atoms with Crippen molar-refractivity contribution in [3.8, 4) is 0 Å². The van der Waals surface area contributed by atoms with Gasteiger partial charge in [0.15, 0.2) is 0 Å². The quantitative estimate of drug-likeness (QED) is 0.511. The Morgan fingerprint density at radius 2 is 1.91 bits per heavy atom. The number of hydrogen-bond donors (Lipinski definition) is 0. The average molecular weight is 201 g/mol. The smallest absolute Gasteiger partial charge is 0.306 e. The van der Waals surface area contributed by atoms with E-state index >= 15 is 0 Å². The Morgan fingerprint density at radius 1 is 1.36 bits per heavy atom. The van der Waals surface area contributed by atoms with Crippen molar-refractivity contribution in [2.75, 3.05) is 6.61 Å². The predicted molar refractivity (Wildman–Crippen MR) is 44.0 cm³/mol. The van der Waals surface area contributed by atoms with Crippen molar-refractivity contribution in [2.24, 2.45) is 0 Å². The van der Waals surface area contributed by atoms with Crippen LogP contribution in [0.15, 0.2) is 0 Å². The molecule has 0 aromatic rings. The first-order valence-corrected chi connectivity index (χ1v) is 3.38. The first kappa shape index (κ1) is 13.3. The molecule has 0 unspecified atom stereocenters. The lowest BCUT2D eigenvalue weighted by atomic mass is 10.3. The van der Waals surface area contributed by atoms with Gasteiger partial charge in [0.1, 0.15) is 0 Å². The number of halogens is 2. The number of esters is 1. The van der Waals surface area contributed by atoms with Crippen molar-refractivity contribution >= 4 is 35.2 Å². The molecular weight excluding hydrogens is 191 g/mol. The molecule has 0 aromatic carbocycles. The molecule has 0 rings (SSSR count). The number of carbonyl (C=O) groups is 2. The molecule has 0 aromatic heterocycles. The number of rotatable bonds is 4. The van der Waals surface area contributed by atoms with Crippen LogP contribution in [0.2, 0.25) is 0 Å². The first-order valence-electron chi connectivity index (χ1n) is 3.00. The van der Waals surface area contributed by atoms with E-state index in [1.54, 1.807) is 6.92 Å². The van der Waals surface area contributed by atoms with Crippen LogP contribution in [0.1, 0.15) is 19.8 Å². The predicted octanol–water partition coefficient (Wildman–Crippen LogP) is 1.52. The molecule has 0 N–H and O–H groups in total. The zero-order chi connectivity index (χ0) is 7.98. The van der Waals surface area contributed by atoms with E-state index in [0.29, 0.717) is 6.61 Å². The molecule has 0 aliphatic carbocycles. The second-order valence-corrected chi connectivity index (χ2v) is 2.08. The zero-order valence-electron chi connectivity index (χ0n) is 6.13.